The van der Waals surface area contributed by atoms with Crippen LogP contribution >= 0.6 is 0 Å². The number of hydrogen-bond acceptors (Lipinski definition) is 4. The van der Waals surface area contributed by atoms with Crippen molar-refractivity contribution in [2.45, 2.75) is 24.4 Å². The van der Waals surface area contributed by atoms with Gasteiger partial charge in [-0.05, 0) is 53.9 Å². The molecule has 0 spiro atoms. The summed E-state index contributed by atoms with van der Waals surface area (Å²) in [5.41, 5.74) is 3.65. The first kappa shape index (κ1) is 19.2. The van der Waals surface area contributed by atoms with Gasteiger partial charge in [-0.1, -0.05) is 43.3 Å². The summed E-state index contributed by atoms with van der Waals surface area (Å²) >= 11 is 0. The lowest BCUT2D eigenvalue weighted by Crippen LogP contribution is -2.38. The van der Waals surface area contributed by atoms with Crippen molar-refractivity contribution < 1.29 is 13.2 Å². The maximum absolute atomic E-state index is 12.5. The smallest absolute Gasteiger partial charge is 0.255 e. The standard InChI is InChI=1S/C22H21N3O3S/c1-2-15-6-5-7-18(14-15)23-22(26)17-12-10-16(11-13-17)21-24-19-8-3-4-9-20(19)29(27,28)25-21/h3-14,21,24-25H,2H2,1H3,(H,23,26)/t21-/m1/s1. The Kier molecular flexibility index (Phi) is 5.08. The molecule has 1 heterocycles. The third-order valence-electron chi connectivity index (χ3n) is 4.85. The molecule has 0 unspecified atom stereocenters. The van der Waals surface area contributed by atoms with Crippen molar-refractivity contribution in [2.24, 2.45) is 0 Å². The van der Waals surface area contributed by atoms with Crippen molar-refractivity contribution in [2.75, 3.05) is 10.6 Å². The van der Waals surface area contributed by atoms with Gasteiger partial charge in [-0.15, -0.1) is 0 Å². The molecule has 1 aliphatic rings. The van der Waals surface area contributed by atoms with Crippen LogP contribution in [0.25, 0.3) is 0 Å². The van der Waals surface area contributed by atoms with E-state index in [0.717, 1.165) is 17.7 Å². The van der Waals surface area contributed by atoms with Gasteiger partial charge in [0.05, 0.1) is 5.69 Å². The Hall–Kier alpha value is -3.16. The van der Waals surface area contributed by atoms with Gasteiger partial charge in [0.1, 0.15) is 11.1 Å². The van der Waals surface area contributed by atoms with Crippen LogP contribution in [-0.4, -0.2) is 14.3 Å². The molecule has 0 aromatic heterocycles. The zero-order valence-electron chi connectivity index (χ0n) is 15.8. The van der Waals surface area contributed by atoms with Gasteiger partial charge < -0.3 is 10.6 Å². The highest BCUT2D eigenvalue weighted by atomic mass is 32.2. The molecule has 1 amide bonds. The minimum atomic E-state index is -3.60. The molecular formula is C22H21N3O3S. The number of fused-ring (bicyclic) bond motifs is 1. The molecule has 0 bridgehead atoms. The van der Waals surface area contributed by atoms with Gasteiger partial charge in [0.15, 0.2) is 0 Å². The Labute approximate surface area is 170 Å². The van der Waals surface area contributed by atoms with E-state index < -0.39 is 16.2 Å². The second-order valence-corrected chi connectivity index (χ2v) is 8.51. The van der Waals surface area contributed by atoms with Gasteiger partial charge in [0, 0.05) is 11.3 Å². The molecule has 4 rings (SSSR count). The summed E-state index contributed by atoms with van der Waals surface area (Å²) in [4.78, 5) is 12.8. The third-order valence-corrected chi connectivity index (χ3v) is 6.33. The van der Waals surface area contributed by atoms with Crippen molar-refractivity contribution >= 4 is 27.3 Å². The molecule has 0 aliphatic carbocycles. The van der Waals surface area contributed by atoms with Crippen molar-refractivity contribution in [3.05, 3.63) is 89.5 Å². The summed E-state index contributed by atoms with van der Waals surface area (Å²) in [6.07, 6.45) is 0.291. The van der Waals surface area contributed by atoms with Gasteiger partial charge in [-0.25, -0.2) is 8.42 Å². The zero-order valence-corrected chi connectivity index (χ0v) is 16.7. The van der Waals surface area contributed by atoms with E-state index in [1.165, 1.54) is 0 Å². The van der Waals surface area contributed by atoms with Crippen LogP contribution in [0.1, 0.15) is 34.6 Å². The first-order valence-corrected chi connectivity index (χ1v) is 10.8. The monoisotopic (exact) mass is 407 g/mol. The summed E-state index contributed by atoms with van der Waals surface area (Å²) in [7, 11) is -3.60. The molecule has 0 saturated heterocycles. The van der Waals surface area contributed by atoms with Gasteiger partial charge in [-0.3, -0.25) is 4.79 Å². The van der Waals surface area contributed by atoms with E-state index in [4.69, 9.17) is 0 Å². The number of carbonyl (C=O) groups is 1. The Morgan fingerprint density at radius 2 is 1.76 bits per heavy atom. The minimum Gasteiger partial charge on any atom is -0.364 e. The van der Waals surface area contributed by atoms with Crippen LogP contribution in [0, 0.1) is 0 Å². The van der Waals surface area contributed by atoms with Crippen LogP contribution in [0.2, 0.25) is 0 Å². The Balaban J connectivity index is 1.51. The molecule has 3 aromatic carbocycles. The third kappa shape index (κ3) is 4.01. The summed E-state index contributed by atoms with van der Waals surface area (Å²) in [6, 6.07) is 21.3. The number of para-hydroxylation sites is 1. The highest BCUT2D eigenvalue weighted by Crippen LogP contribution is 2.30. The van der Waals surface area contributed by atoms with Crippen molar-refractivity contribution in [3.8, 4) is 0 Å². The van der Waals surface area contributed by atoms with Gasteiger partial charge in [0.2, 0.25) is 10.0 Å². The maximum atomic E-state index is 12.5. The minimum absolute atomic E-state index is 0.215. The molecule has 7 heteroatoms. The molecule has 6 nitrogen and oxygen atoms in total. The molecule has 0 radical (unpaired) electrons. The van der Waals surface area contributed by atoms with Gasteiger partial charge in [-0.2, -0.15) is 4.72 Å². The molecule has 1 atom stereocenters. The molecule has 3 aromatic rings. The van der Waals surface area contributed by atoms with Crippen molar-refractivity contribution in [1.82, 2.24) is 4.72 Å². The number of amides is 1. The van der Waals surface area contributed by atoms with Crippen LogP contribution in [0.5, 0.6) is 0 Å². The highest BCUT2D eigenvalue weighted by molar-refractivity contribution is 7.89. The van der Waals surface area contributed by atoms with Crippen molar-refractivity contribution in [1.29, 1.82) is 0 Å². The number of benzene rings is 3. The first-order valence-electron chi connectivity index (χ1n) is 9.34. The number of carbonyl (C=O) groups excluding carboxylic acids is 1. The van der Waals surface area contributed by atoms with E-state index in [2.05, 4.69) is 22.3 Å². The first-order chi connectivity index (χ1) is 14.0. The van der Waals surface area contributed by atoms with Crippen LogP contribution in [-0.2, 0) is 16.4 Å². The predicted octanol–water partition coefficient (Wildman–Crippen LogP) is 3.90. The number of aryl methyl sites for hydroxylation is 1. The number of sulfonamides is 1. The number of rotatable bonds is 4. The number of anilines is 2. The average molecular weight is 407 g/mol. The molecule has 3 N–H and O–H groups in total. The fraction of sp³-hybridized carbons (Fsp3) is 0.136. The predicted molar refractivity (Wildman–Crippen MR) is 113 cm³/mol. The summed E-state index contributed by atoms with van der Waals surface area (Å²) in [5, 5.41) is 6.07. The van der Waals surface area contributed by atoms with E-state index in [1.54, 1.807) is 48.5 Å². The van der Waals surface area contributed by atoms with Gasteiger partial charge in [0.25, 0.3) is 5.91 Å². The fourth-order valence-electron chi connectivity index (χ4n) is 3.27. The fourth-order valence-corrected chi connectivity index (χ4v) is 4.58. The van der Waals surface area contributed by atoms with E-state index >= 15 is 0 Å². The molecule has 1 aliphatic heterocycles. The number of hydrogen-bond donors (Lipinski definition) is 3. The van der Waals surface area contributed by atoms with Gasteiger partial charge >= 0.3 is 0 Å². The topological polar surface area (TPSA) is 87.3 Å². The second kappa shape index (κ2) is 7.69. The van der Waals surface area contributed by atoms with E-state index in [9.17, 15) is 13.2 Å². The van der Waals surface area contributed by atoms with Crippen LogP contribution in [0.3, 0.4) is 0 Å². The Morgan fingerprint density at radius 3 is 2.52 bits per heavy atom. The molecule has 0 saturated carbocycles. The quantitative estimate of drug-likeness (QED) is 0.612. The summed E-state index contributed by atoms with van der Waals surface area (Å²) < 4.78 is 27.6. The SMILES string of the molecule is CCc1cccc(NC(=O)c2ccc([C@@H]3Nc4ccccc4S(=O)(=O)N3)cc2)c1. The summed E-state index contributed by atoms with van der Waals surface area (Å²) in [6.45, 7) is 2.06. The van der Waals surface area contributed by atoms with E-state index in [1.807, 2.05) is 24.3 Å². The van der Waals surface area contributed by atoms with Crippen LogP contribution in [0.15, 0.2) is 77.7 Å². The average Bonchev–Trinajstić information content (AvgIpc) is 2.73. The lowest BCUT2D eigenvalue weighted by Gasteiger charge is -2.28. The lowest BCUT2D eigenvalue weighted by atomic mass is 10.1. The Bertz CT molecular complexity index is 1160. The normalized spacial score (nSPS) is 17.1. The van der Waals surface area contributed by atoms with Crippen molar-refractivity contribution in [3.63, 3.8) is 0 Å². The zero-order chi connectivity index (χ0) is 20.4. The van der Waals surface area contributed by atoms with E-state index in [-0.39, 0.29) is 10.8 Å². The van der Waals surface area contributed by atoms with E-state index in [0.29, 0.717) is 16.8 Å². The van der Waals surface area contributed by atoms with Crippen LogP contribution < -0.4 is 15.4 Å². The molecule has 0 fully saturated rings. The maximum Gasteiger partial charge on any atom is 0.255 e. The molecular weight excluding hydrogens is 386 g/mol. The Morgan fingerprint density at radius 1 is 1.00 bits per heavy atom. The summed E-state index contributed by atoms with van der Waals surface area (Å²) in [5.74, 6) is -0.215. The second-order valence-electron chi connectivity index (χ2n) is 6.82. The largest absolute Gasteiger partial charge is 0.364 e. The highest BCUT2D eigenvalue weighted by Gasteiger charge is 2.29. The number of nitrogens with one attached hydrogen (secondary N) is 3. The molecule has 148 valence electrons. The molecule has 29 heavy (non-hydrogen) atoms. The van der Waals surface area contributed by atoms with Crippen LogP contribution in [0.4, 0.5) is 11.4 Å². The lowest BCUT2D eigenvalue weighted by molar-refractivity contribution is 0.102.